The summed E-state index contributed by atoms with van der Waals surface area (Å²) in [6.45, 7) is 4.63. The smallest absolute Gasteiger partial charge is 0.274 e. The minimum Gasteiger partial charge on any atom is -0.461 e. The van der Waals surface area contributed by atoms with Crippen LogP contribution in [-0.2, 0) is 6.42 Å². The molecule has 0 bridgehead atoms. The van der Waals surface area contributed by atoms with E-state index in [1.54, 1.807) is 18.5 Å². The molecule has 146 valence electrons. The van der Waals surface area contributed by atoms with Gasteiger partial charge in [0.25, 0.3) is 5.91 Å². The van der Waals surface area contributed by atoms with Crippen LogP contribution in [0.3, 0.4) is 0 Å². The third kappa shape index (κ3) is 3.09. The number of benzene rings is 1. The second-order valence-electron chi connectivity index (χ2n) is 7.35. The molecule has 4 heterocycles. The quantitative estimate of drug-likeness (QED) is 0.483. The highest BCUT2D eigenvalue weighted by molar-refractivity contribution is 6.30. The molecule has 1 unspecified atom stereocenters. The predicted molar refractivity (Wildman–Crippen MR) is 110 cm³/mol. The summed E-state index contributed by atoms with van der Waals surface area (Å²) in [6, 6.07) is 11.9. The summed E-state index contributed by atoms with van der Waals surface area (Å²) in [5.74, 6) is 1.66. The molecule has 1 amide bonds. The summed E-state index contributed by atoms with van der Waals surface area (Å²) in [6.07, 6.45) is 3.98. The molecule has 0 spiro atoms. The van der Waals surface area contributed by atoms with Crippen molar-refractivity contribution in [1.82, 2.24) is 19.5 Å². The van der Waals surface area contributed by atoms with Gasteiger partial charge in [0.05, 0.1) is 17.3 Å². The van der Waals surface area contributed by atoms with Crippen LogP contribution >= 0.6 is 11.6 Å². The fraction of sp³-hybridized carbons (Fsp3) is 0.227. The average molecular weight is 407 g/mol. The Hall–Kier alpha value is -3.12. The molecule has 0 saturated carbocycles. The van der Waals surface area contributed by atoms with Gasteiger partial charge < -0.3 is 9.32 Å². The maximum atomic E-state index is 13.1. The van der Waals surface area contributed by atoms with Crippen LogP contribution < -0.4 is 0 Å². The van der Waals surface area contributed by atoms with E-state index in [1.165, 1.54) is 10.1 Å². The van der Waals surface area contributed by atoms with Crippen LogP contribution in [-0.4, -0.2) is 31.9 Å². The zero-order chi connectivity index (χ0) is 20.1. The highest BCUT2D eigenvalue weighted by atomic mass is 35.5. The van der Waals surface area contributed by atoms with Gasteiger partial charge in [0.2, 0.25) is 0 Å². The van der Waals surface area contributed by atoms with Gasteiger partial charge in [-0.1, -0.05) is 23.7 Å². The van der Waals surface area contributed by atoms with Crippen molar-refractivity contribution in [3.8, 4) is 11.3 Å². The fourth-order valence-electron chi connectivity index (χ4n) is 3.96. The van der Waals surface area contributed by atoms with Gasteiger partial charge in [-0.2, -0.15) is 5.10 Å². The SMILES string of the molecule is Cc1ccc(-c2ccc3c(c2)CCN(C(=O)c2cc4ncc(Cl)cn4n2)C3C)o1. The van der Waals surface area contributed by atoms with Crippen molar-refractivity contribution in [2.24, 2.45) is 0 Å². The summed E-state index contributed by atoms with van der Waals surface area (Å²) >= 11 is 5.97. The summed E-state index contributed by atoms with van der Waals surface area (Å²) in [5, 5.41) is 4.84. The number of aryl methyl sites for hydroxylation is 1. The normalized spacial score (nSPS) is 16.2. The molecular formula is C22H19ClN4O2. The molecule has 4 aromatic rings. The van der Waals surface area contributed by atoms with Crippen LogP contribution in [0.1, 0.15) is 40.3 Å². The Morgan fingerprint density at radius 1 is 1.24 bits per heavy atom. The lowest BCUT2D eigenvalue weighted by Crippen LogP contribution is -2.39. The van der Waals surface area contributed by atoms with E-state index in [-0.39, 0.29) is 11.9 Å². The zero-order valence-corrected chi connectivity index (χ0v) is 16.8. The van der Waals surface area contributed by atoms with Gasteiger partial charge in [-0.15, -0.1) is 0 Å². The molecule has 1 aromatic carbocycles. The lowest BCUT2D eigenvalue weighted by molar-refractivity contribution is 0.0671. The molecule has 7 heteroatoms. The molecule has 1 atom stereocenters. The van der Waals surface area contributed by atoms with E-state index in [0.29, 0.717) is 22.9 Å². The Morgan fingerprint density at radius 3 is 2.90 bits per heavy atom. The lowest BCUT2D eigenvalue weighted by atomic mass is 9.91. The molecule has 0 radical (unpaired) electrons. The van der Waals surface area contributed by atoms with Gasteiger partial charge in [-0.25, -0.2) is 9.50 Å². The molecule has 0 N–H and O–H groups in total. The predicted octanol–water partition coefficient (Wildman–Crippen LogP) is 4.71. The minimum atomic E-state index is -0.101. The molecule has 0 saturated heterocycles. The van der Waals surface area contributed by atoms with Crippen molar-refractivity contribution in [3.63, 3.8) is 0 Å². The second kappa shape index (κ2) is 6.74. The van der Waals surface area contributed by atoms with E-state index >= 15 is 0 Å². The third-order valence-corrected chi connectivity index (χ3v) is 5.66. The number of aromatic nitrogens is 3. The van der Waals surface area contributed by atoms with Crippen molar-refractivity contribution < 1.29 is 9.21 Å². The number of amides is 1. The summed E-state index contributed by atoms with van der Waals surface area (Å²) in [7, 11) is 0. The topological polar surface area (TPSA) is 63.6 Å². The van der Waals surface area contributed by atoms with E-state index in [1.807, 2.05) is 24.0 Å². The number of halogens is 1. The first-order chi connectivity index (χ1) is 14.0. The van der Waals surface area contributed by atoms with Crippen molar-refractivity contribution in [3.05, 3.63) is 76.4 Å². The lowest BCUT2D eigenvalue weighted by Gasteiger charge is -2.35. The zero-order valence-electron chi connectivity index (χ0n) is 16.1. The first-order valence-electron chi connectivity index (χ1n) is 9.51. The first-order valence-corrected chi connectivity index (χ1v) is 9.89. The Morgan fingerprint density at radius 2 is 2.10 bits per heavy atom. The van der Waals surface area contributed by atoms with Gasteiger partial charge in [0, 0.05) is 24.4 Å². The number of nitrogens with zero attached hydrogens (tertiary/aromatic N) is 4. The molecule has 1 aliphatic rings. The molecule has 5 rings (SSSR count). The van der Waals surface area contributed by atoms with Crippen LogP contribution in [0.5, 0.6) is 0 Å². The number of carbonyl (C=O) groups is 1. The molecule has 6 nitrogen and oxygen atoms in total. The molecule has 29 heavy (non-hydrogen) atoms. The standard InChI is InChI=1S/C22H19ClN4O2/c1-13-3-6-20(29-13)16-4-5-18-14(2)26(8-7-15(18)9-16)22(28)19-10-21-24-11-17(23)12-27(21)25-19/h3-6,9-12,14H,7-8H2,1-2H3. The van der Waals surface area contributed by atoms with Crippen molar-refractivity contribution in [1.29, 1.82) is 0 Å². The first kappa shape index (κ1) is 17.9. The monoisotopic (exact) mass is 406 g/mol. The van der Waals surface area contributed by atoms with Gasteiger partial charge in [-0.05, 0) is 49.6 Å². The van der Waals surface area contributed by atoms with Gasteiger partial charge in [-0.3, -0.25) is 4.79 Å². The van der Waals surface area contributed by atoms with Crippen LogP contribution in [0.4, 0.5) is 0 Å². The number of hydrogen-bond acceptors (Lipinski definition) is 4. The summed E-state index contributed by atoms with van der Waals surface area (Å²) in [5.41, 5.74) is 4.43. The fourth-order valence-corrected chi connectivity index (χ4v) is 4.10. The maximum absolute atomic E-state index is 13.1. The number of hydrogen-bond donors (Lipinski definition) is 0. The Balaban J connectivity index is 1.44. The van der Waals surface area contributed by atoms with Gasteiger partial charge >= 0.3 is 0 Å². The van der Waals surface area contributed by atoms with Crippen LogP contribution in [0.25, 0.3) is 17.0 Å². The second-order valence-corrected chi connectivity index (χ2v) is 7.79. The van der Waals surface area contributed by atoms with E-state index in [2.05, 4.69) is 35.2 Å². The van der Waals surface area contributed by atoms with Crippen LogP contribution in [0.15, 0.2) is 53.2 Å². The van der Waals surface area contributed by atoms with E-state index < -0.39 is 0 Å². The Bertz CT molecular complexity index is 1240. The summed E-state index contributed by atoms with van der Waals surface area (Å²) in [4.78, 5) is 19.2. The van der Waals surface area contributed by atoms with Crippen molar-refractivity contribution in [2.75, 3.05) is 6.54 Å². The minimum absolute atomic E-state index is 0.0417. The van der Waals surface area contributed by atoms with Crippen molar-refractivity contribution >= 4 is 23.2 Å². The Labute approximate surface area is 172 Å². The van der Waals surface area contributed by atoms with Crippen molar-refractivity contribution in [2.45, 2.75) is 26.3 Å². The Kier molecular flexibility index (Phi) is 4.17. The van der Waals surface area contributed by atoms with E-state index in [4.69, 9.17) is 16.0 Å². The van der Waals surface area contributed by atoms with E-state index in [9.17, 15) is 4.79 Å². The molecule has 1 aliphatic heterocycles. The van der Waals surface area contributed by atoms with Gasteiger partial charge in [0.1, 0.15) is 11.5 Å². The molecule has 0 aliphatic carbocycles. The molecule has 0 fully saturated rings. The summed E-state index contributed by atoms with van der Waals surface area (Å²) < 4.78 is 7.29. The number of furan rings is 1. The number of fused-ring (bicyclic) bond motifs is 2. The van der Waals surface area contributed by atoms with Crippen LogP contribution in [0.2, 0.25) is 5.02 Å². The maximum Gasteiger partial charge on any atom is 0.274 e. The van der Waals surface area contributed by atoms with Gasteiger partial charge in [0.15, 0.2) is 11.3 Å². The van der Waals surface area contributed by atoms with Crippen LogP contribution in [0, 0.1) is 6.92 Å². The highest BCUT2D eigenvalue weighted by Gasteiger charge is 2.30. The largest absolute Gasteiger partial charge is 0.461 e. The third-order valence-electron chi connectivity index (χ3n) is 5.47. The molecule has 3 aromatic heterocycles. The number of rotatable bonds is 2. The average Bonchev–Trinajstić information content (AvgIpc) is 3.33. The molecular weight excluding hydrogens is 388 g/mol. The van der Waals surface area contributed by atoms with E-state index in [0.717, 1.165) is 29.1 Å². The highest BCUT2D eigenvalue weighted by Crippen LogP contribution is 2.34. The number of carbonyl (C=O) groups excluding carboxylic acids is 1.